The summed E-state index contributed by atoms with van der Waals surface area (Å²) in [5.74, 6) is -0.239. The van der Waals surface area contributed by atoms with Gasteiger partial charge in [-0.3, -0.25) is 9.59 Å². The number of ketones is 1. The zero-order valence-corrected chi connectivity index (χ0v) is 14.3. The van der Waals surface area contributed by atoms with E-state index in [1.165, 1.54) is 5.01 Å². The maximum Gasteiger partial charge on any atom is 0.251 e. The Labute approximate surface area is 155 Å². The number of carbonyl (C=O) groups is 2. The van der Waals surface area contributed by atoms with E-state index in [9.17, 15) is 9.59 Å². The summed E-state index contributed by atoms with van der Waals surface area (Å²) in [4.78, 5) is 25.6. The third-order valence-electron chi connectivity index (χ3n) is 4.96. The number of amides is 1. The van der Waals surface area contributed by atoms with Gasteiger partial charge in [0.05, 0.1) is 23.0 Å². The minimum absolute atomic E-state index is 0.109. The Kier molecular flexibility index (Phi) is 3.24. The van der Waals surface area contributed by atoms with Gasteiger partial charge in [0, 0.05) is 16.5 Å². The number of anilines is 2. The maximum absolute atomic E-state index is 13.0. The van der Waals surface area contributed by atoms with Gasteiger partial charge in [-0.05, 0) is 35.4 Å². The number of rotatable bonds is 1. The number of nitrogens with zero attached hydrogens (tertiary/aromatic N) is 2. The molecular formula is C22H15N3O2. The third kappa shape index (κ3) is 2.29. The molecule has 0 unspecified atom stereocenters. The highest BCUT2D eigenvalue weighted by molar-refractivity contribution is 6.16. The first kappa shape index (κ1) is 15.5. The van der Waals surface area contributed by atoms with Crippen molar-refractivity contribution in [1.82, 2.24) is 0 Å². The molecule has 0 saturated heterocycles. The number of benzene rings is 3. The molecule has 0 spiro atoms. The predicted octanol–water partition coefficient (Wildman–Crippen LogP) is 1.77. The van der Waals surface area contributed by atoms with Crippen LogP contribution in [0.2, 0.25) is 0 Å². The Bertz CT molecular complexity index is 1250. The first-order valence-electron chi connectivity index (χ1n) is 8.67. The van der Waals surface area contributed by atoms with Crippen molar-refractivity contribution in [2.24, 2.45) is 5.10 Å². The molecule has 1 heterocycles. The summed E-state index contributed by atoms with van der Waals surface area (Å²) in [6.45, 7) is 0. The second-order valence-electron chi connectivity index (χ2n) is 6.64. The fraction of sp³-hybridized carbons (Fsp3) is 0.0455. The molecule has 2 N–H and O–H groups in total. The third-order valence-corrected chi connectivity index (χ3v) is 4.96. The van der Waals surface area contributed by atoms with E-state index in [1.54, 1.807) is 12.1 Å². The molecule has 2 aliphatic rings. The van der Waals surface area contributed by atoms with Crippen LogP contribution in [0.5, 0.6) is 0 Å². The Morgan fingerprint density at radius 2 is 1.70 bits per heavy atom. The molecule has 1 aliphatic heterocycles. The monoisotopic (exact) mass is 353 g/mol. The summed E-state index contributed by atoms with van der Waals surface area (Å²) >= 11 is 0. The Morgan fingerprint density at radius 3 is 2.52 bits per heavy atom. The van der Waals surface area contributed by atoms with E-state index >= 15 is 0 Å². The van der Waals surface area contributed by atoms with Gasteiger partial charge >= 0.3 is 0 Å². The number of para-hydroxylation sites is 1. The van der Waals surface area contributed by atoms with Gasteiger partial charge in [-0.2, -0.15) is 10.1 Å². The molecule has 27 heavy (non-hydrogen) atoms. The molecule has 130 valence electrons. The first-order valence-corrected chi connectivity index (χ1v) is 8.67. The number of nitrogen functional groups attached to an aromatic ring is 1. The smallest absolute Gasteiger partial charge is 0.251 e. The van der Waals surface area contributed by atoms with Crippen LogP contribution in [0, 0.1) is 0 Å². The Balaban J connectivity index is 1.84. The minimum atomic E-state index is -0.129. The Morgan fingerprint density at radius 1 is 0.963 bits per heavy atom. The van der Waals surface area contributed by atoms with Crippen LogP contribution in [0.3, 0.4) is 0 Å². The molecule has 3 aromatic rings. The van der Waals surface area contributed by atoms with Gasteiger partial charge < -0.3 is 5.73 Å². The maximum atomic E-state index is 13.0. The molecule has 0 atom stereocenters. The fourth-order valence-electron chi connectivity index (χ4n) is 3.71. The van der Waals surface area contributed by atoms with E-state index in [2.05, 4.69) is 5.10 Å². The van der Waals surface area contributed by atoms with Crippen LogP contribution < -0.4 is 21.3 Å². The van der Waals surface area contributed by atoms with E-state index in [-0.39, 0.29) is 18.1 Å². The molecule has 5 heteroatoms. The van der Waals surface area contributed by atoms with Crippen LogP contribution >= 0.6 is 0 Å². The zero-order valence-electron chi connectivity index (χ0n) is 14.3. The number of nitrogens with two attached hydrogens (primary N) is 1. The van der Waals surface area contributed by atoms with Gasteiger partial charge in [0.15, 0.2) is 5.78 Å². The summed E-state index contributed by atoms with van der Waals surface area (Å²) < 4.78 is 0. The second kappa shape index (κ2) is 5.64. The first-order chi connectivity index (χ1) is 13.1. The molecule has 0 saturated carbocycles. The summed E-state index contributed by atoms with van der Waals surface area (Å²) in [7, 11) is 0. The second-order valence-corrected chi connectivity index (χ2v) is 6.64. The molecular weight excluding hydrogens is 338 g/mol. The highest BCUT2D eigenvalue weighted by Crippen LogP contribution is 2.23. The van der Waals surface area contributed by atoms with Gasteiger partial charge in [0.2, 0.25) is 0 Å². The van der Waals surface area contributed by atoms with Crippen molar-refractivity contribution in [3.8, 4) is 0 Å². The number of carbonyl (C=O) groups excluding carboxylic acids is 2. The van der Waals surface area contributed by atoms with E-state index in [1.807, 2.05) is 54.6 Å². The quantitative estimate of drug-likeness (QED) is 0.530. The molecule has 0 radical (unpaired) electrons. The van der Waals surface area contributed by atoms with Crippen molar-refractivity contribution in [1.29, 1.82) is 0 Å². The fourth-order valence-corrected chi connectivity index (χ4v) is 3.71. The topological polar surface area (TPSA) is 75.8 Å². The van der Waals surface area contributed by atoms with E-state index < -0.39 is 0 Å². The molecule has 0 fully saturated rings. The summed E-state index contributed by atoms with van der Waals surface area (Å²) in [5, 5.41) is 7.32. The highest BCUT2D eigenvalue weighted by Gasteiger charge is 2.27. The molecule has 3 aromatic carbocycles. The lowest BCUT2D eigenvalue weighted by molar-refractivity contribution is -0.118. The van der Waals surface area contributed by atoms with Crippen LogP contribution in [0.1, 0.15) is 27.0 Å². The largest absolute Gasteiger partial charge is 0.398 e. The van der Waals surface area contributed by atoms with Crippen LogP contribution in [0.4, 0.5) is 11.4 Å². The van der Waals surface area contributed by atoms with Crippen LogP contribution in [-0.4, -0.2) is 11.7 Å². The molecule has 0 aromatic heterocycles. The normalized spacial score (nSPS) is 14.6. The molecule has 1 amide bonds. The van der Waals surface area contributed by atoms with Crippen molar-refractivity contribution >= 4 is 29.1 Å². The van der Waals surface area contributed by atoms with Crippen LogP contribution in [-0.2, 0) is 11.2 Å². The number of fused-ring (bicyclic) bond motifs is 4. The molecule has 1 aliphatic carbocycles. The van der Waals surface area contributed by atoms with Gasteiger partial charge in [0.25, 0.3) is 5.91 Å². The van der Waals surface area contributed by atoms with Crippen molar-refractivity contribution in [2.75, 3.05) is 10.7 Å². The van der Waals surface area contributed by atoms with Crippen molar-refractivity contribution in [3.63, 3.8) is 0 Å². The number of hydrogen-bond donors (Lipinski definition) is 1. The minimum Gasteiger partial charge on any atom is -0.398 e. The van der Waals surface area contributed by atoms with Crippen molar-refractivity contribution in [3.05, 3.63) is 93.5 Å². The van der Waals surface area contributed by atoms with Crippen LogP contribution in [0.15, 0.2) is 65.8 Å². The molecule has 5 rings (SSSR count). The highest BCUT2D eigenvalue weighted by atomic mass is 16.2. The van der Waals surface area contributed by atoms with Gasteiger partial charge in [-0.1, -0.05) is 42.5 Å². The summed E-state index contributed by atoms with van der Waals surface area (Å²) in [5.41, 5.74) is 9.94. The zero-order chi connectivity index (χ0) is 18.5. The lowest BCUT2D eigenvalue weighted by Crippen LogP contribution is -2.45. The summed E-state index contributed by atoms with van der Waals surface area (Å²) in [6.07, 6.45) is 2.12. The van der Waals surface area contributed by atoms with Crippen LogP contribution in [0.25, 0.3) is 6.08 Å². The van der Waals surface area contributed by atoms with Gasteiger partial charge in [-0.25, -0.2) is 0 Å². The van der Waals surface area contributed by atoms with Crippen molar-refractivity contribution in [2.45, 2.75) is 6.42 Å². The summed E-state index contributed by atoms with van der Waals surface area (Å²) in [6, 6.07) is 18.4. The standard InChI is InChI=1S/C22H15N3O2/c23-18-11-14-12-19(26)25(15-7-2-1-3-8-15)24-21(14)17-10-13-6-4-5-9-16(13)22(27)20(17)18/h1-11H,12,23H2. The van der Waals surface area contributed by atoms with Gasteiger partial charge in [0.1, 0.15) is 0 Å². The van der Waals surface area contributed by atoms with E-state index in [0.29, 0.717) is 33.1 Å². The number of hydrogen-bond acceptors (Lipinski definition) is 4. The molecule has 5 nitrogen and oxygen atoms in total. The average Bonchev–Trinajstić information content (AvgIpc) is 2.68. The molecule has 0 bridgehead atoms. The lowest BCUT2D eigenvalue weighted by Gasteiger charge is -2.23. The van der Waals surface area contributed by atoms with Gasteiger partial charge in [-0.15, -0.1) is 0 Å². The van der Waals surface area contributed by atoms with E-state index in [0.717, 1.165) is 11.1 Å². The predicted molar refractivity (Wildman–Crippen MR) is 103 cm³/mol. The lowest BCUT2D eigenvalue weighted by atomic mass is 9.88. The van der Waals surface area contributed by atoms with Crippen molar-refractivity contribution < 1.29 is 9.59 Å². The Hall–Kier alpha value is -3.73. The average molecular weight is 353 g/mol. The van der Waals surface area contributed by atoms with E-state index in [4.69, 9.17) is 5.73 Å². The SMILES string of the molecule is Nc1cc2c(c3c1C(=O)c1ccccc1C=3)=NN(c1ccccc1)C(=O)C2.